The monoisotopic (exact) mass is 289 g/mol. The number of aromatic nitrogens is 1. The molecule has 2 aromatic rings. The first-order valence-electron chi connectivity index (χ1n) is 6.54. The summed E-state index contributed by atoms with van der Waals surface area (Å²) in [5.41, 5.74) is 0.502. The Labute approximate surface area is 122 Å². The Morgan fingerprint density at radius 2 is 1.95 bits per heavy atom. The molecule has 6 heteroatoms. The number of rotatable bonds is 3. The van der Waals surface area contributed by atoms with Crippen molar-refractivity contribution in [3.63, 3.8) is 0 Å². The average molecular weight is 289 g/mol. The fraction of sp³-hybridized carbons (Fsp3) is 0.333. The van der Waals surface area contributed by atoms with E-state index in [4.69, 9.17) is 4.74 Å². The Morgan fingerprint density at radius 1 is 1.29 bits per heavy atom. The van der Waals surface area contributed by atoms with Gasteiger partial charge in [0.25, 0.3) is 0 Å². The number of carbonyl (C=O) groups excluding carboxylic acids is 2. The SMILES string of the molecule is CC(C)(C)OC(=O)N[C@H](C(=O)[O-])c1c[nH]c2ccccc12. The van der Waals surface area contributed by atoms with Crippen LogP contribution in [0, 0.1) is 0 Å². The third-order valence-electron chi connectivity index (χ3n) is 2.83. The Balaban J connectivity index is 2.28. The number of para-hydroxylation sites is 1. The van der Waals surface area contributed by atoms with Crippen LogP contribution < -0.4 is 10.4 Å². The second kappa shape index (κ2) is 5.47. The van der Waals surface area contributed by atoms with Crippen molar-refractivity contribution in [2.45, 2.75) is 32.4 Å². The Bertz CT molecular complexity index is 670. The van der Waals surface area contributed by atoms with Crippen LogP contribution in [-0.4, -0.2) is 22.6 Å². The van der Waals surface area contributed by atoms with Crippen LogP contribution in [0.5, 0.6) is 0 Å². The van der Waals surface area contributed by atoms with Crippen LogP contribution in [0.1, 0.15) is 32.4 Å². The second-order valence-electron chi connectivity index (χ2n) is 5.69. The van der Waals surface area contributed by atoms with Crippen LogP contribution in [0.15, 0.2) is 30.5 Å². The standard InChI is InChI=1S/C15H18N2O4/c1-15(2,3)21-14(20)17-12(13(18)19)10-8-16-11-7-5-4-6-9(10)11/h4-8,12,16H,1-3H3,(H,17,20)(H,18,19)/p-1/t12-/m0/s1. The average Bonchev–Trinajstić information content (AvgIpc) is 2.77. The van der Waals surface area contributed by atoms with E-state index in [9.17, 15) is 14.7 Å². The quantitative estimate of drug-likeness (QED) is 0.895. The van der Waals surface area contributed by atoms with E-state index >= 15 is 0 Å². The number of carboxylic acid groups (broad SMARTS) is 1. The molecule has 0 saturated heterocycles. The molecule has 0 saturated carbocycles. The zero-order valence-corrected chi connectivity index (χ0v) is 12.1. The minimum absolute atomic E-state index is 0.427. The Hall–Kier alpha value is -2.50. The van der Waals surface area contributed by atoms with Crippen molar-refractivity contribution in [1.29, 1.82) is 0 Å². The summed E-state index contributed by atoms with van der Waals surface area (Å²) in [4.78, 5) is 26.1. The van der Waals surface area contributed by atoms with E-state index in [-0.39, 0.29) is 0 Å². The number of benzene rings is 1. The van der Waals surface area contributed by atoms with Crippen molar-refractivity contribution in [2.75, 3.05) is 0 Å². The topological polar surface area (TPSA) is 94.2 Å². The van der Waals surface area contributed by atoms with E-state index in [1.165, 1.54) is 0 Å². The number of amides is 1. The molecule has 0 radical (unpaired) electrons. The highest BCUT2D eigenvalue weighted by atomic mass is 16.6. The zero-order valence-electron chi connectivity index (χ0n) is 12.1. The highest BCUT2D eigenvalue weighted by molar-refractivity contribution is 5.90. The molecule has 6 nitrogen and oxygen atoms in total. The van der Waals surface area contributed by atoms with Gasteiger partial charge in [-0.3, -0.25) is 0 Å². The number of carbonyl (C=O) groups is 2. The third kappa shape index (κ3) is 3.53. The number of H-pyrrole nitrogens is 1. The molecule has 1 aromatic heterocycles. The van der Waals surface area contributed by atoms with Crippen LogP contribution in [0.4, 0.5) is 4.79 Å². The van der Waals surface area contributed by atoms with Gasteiger partial charge in [-0.1, -0.05) is 18.2 Å². The van der Waals surface area contributed by atoms with Crippen molar-refractivity contribution in [2.24, 2.45) is 0 Å². The number of hydrogen-bond donors (Lipinski definition) is 2. The van der Waals surface area contributed by atoms with E-state index < -0.39 is 23.7 Å². The van der Waals surface area contributed by atoms with E-state index in [1.807, 2.05) is 12.1 Å². The molecular formula is C15H17N2O4-. The molecule has 21 heavy (non-hydrogen) atoms. The molecule has 2 rings (SSSR count). The van der Waals surface area contributed by atoms with Crippen molar-refractivity contribution in [1.82, 2.24) is 10.3 Å². The number of ether oxygens (including phenoxy) is 1. The Kier molecular flexibility index (Phi) is 3.88. The summed E-state index contributed by atoms with van der Waals surface area (Å²) in [6, 6.07) is 5.93. The number of hydrogen-bond acceptors (Lipinski definition) is 4. The predicted molar refractivity (Wildman–Crippen MR) is 75.4 cm³/mol. The van der Waals surface area contributed by atoms with Gasteiger partial charge in [0.1, 0.15) is 5.60 Å². The molecule has 1 heterocycles. The summed E-state index contributed by atoms with van der Waals surface area (Å²) in [5.74, 6) is -1.40. The predicted octanol–water partition coefficient (Wildman–Crippen LogP) is 1.48. The van der Waals surface area contributed by atoms with Gasteiger partial charge in [0, 0.05) is 22.7 Å². The van der Waals surface area contributed by atoms with Crippen LogP contribution in [0.3, 0.4) is 0 Å². The van der Waals surface area contributed by atoms with Gasteiger partial charge in [-0.2, -0.15) is 0 Å². The van der Waals surface area contributed by atoms with Crippen molar-refractivity contribution < 1.29 is 19.4 Å². The largest absolute Gasteiger partial charge is 0.548 e. The fourth-order valence-electron chi connectivity index (χ4n) is 2.02. The highest BCUT2D eigenvalue weighted by Crippen LogP contribution is 2.24. The number of aromatic amines is 1. The maximum Gasteiger partial charge on any atom is 0.408 e. The van der Waals surface area contributed by atoms with Gasteiger partial charge in [-0.15, -0.1) is 0 Å². The minimum atomic E-state index is -1.40. The van der Waals surface area contributed by atoms with E-state index in [2.05, 4.69) is 10.3 Å². The maximum atomic E-state index is 11.8. The first-order chi connectivity index (χ1) is 9.78. The molecule has 0 aliphatic carbocycles. The van der Waals surface area contributed by atoms with Crippen LogP contribution in [0.25, 0.3) is 10.9 Å². The van der Waals surface area contributed by atoms with Gasteiger partial charge < -0.3 is 24.9 Å². The van der Waals surface area contributed by atoms with Crippen molar-refractivity contribution in [3.8, 4) is 0 Å². The molecule has 0 aliphatic rings. The van der Waals surface area contributed by atoms with Crippen molar-refractivity contribution >= 4 is 23.0 Å². The van der Waals surface area contributed by atoms with Crippen LogP contribution in [-0.2, 0) is 9.53 Å². The summed E-state index contributed by atoms with van der Waals surface area (Å²) in [6.07, 6.45) is 0.740. The lowest BCUT2D eigenvalue weighted by Gasteiger charge is -2.24. The van der Waals surface area contributed by atoms with Crippen molar-refractivity contribution in [3.05, 3.63) is 36.0 Å². The lowest BCUT2D eigenvalue weighted by atomic mass is 10.1. The number of carboxylic acids is 1. The fourth-order valence-corrected chi connectivity index (χ4v) is 2.02. The minimum Gasteiger partial charge on any atom is -0.548 e. The summed E-state index contributed by atoms with van der Waals surface area (Å²) in [6.45, 7) is 5.10. The zero-order chi connectivity index (χ0) is 15.6. The molecule has 0 aliphatic heterocycles. The molecule has 1 aromatic carbocycles. The molecule has 1 atom stereocenters. The first-order valence-corrected chi connectivity index (χ1v) is 6.54. The molecule has 112 valence electrons. The van der Waals surface area contributed by atoms with Gasteiger partial charge in [-0.25, -0.2) is 4.79 Å². The van der Waals surface area contributed by atoms with E-state index in [1.54, 1.807) is 39.1 Å². The summed E-state index contributed by atoms with van der Waals surface area (Å²) in [5, 5.41) is 14.4. The van der Waals surface area contributed by atoms with Gasteiger partial charge >= 0.3 is 6.09 Å². The molecule has 0 fully saturated rings. The number of aliphatic carboxylic acids is 1. The van der Waals surface area contributed by atoms with Gasteiger partial charge in [0.2, 0.25) is 0 Å². The number of alkyl carbamates (subject to hydrolysis) is 1. The number of fused-ring (bicyclic) bond motifs is 1. The number of nitrogens with one attached hydrogen (secondary N) is 2. The summed E-state index contributed by atoms with van der Waals surface area (Å²) in [7, 11) is 0. The smallest absolute Gasteiger partial charge is 0.408 e. The lowest BCUT2D eigenvalue weighted by molar-refractivity contribution is -0.308. The maximum absolute atomic E-state index is 11.8. The molecule has 1 amide bonds. The lowest BCUT2D eigenvalue weighted by Crippen LogP contribution is -2.43. The van der Waals surface area contributed by atoms with Crippen LogP contribution in [0.2, 0.25) is 0 Å². The van der Waals surface area contributed by atoms with Gasteiger partial charge in [0.05, 0.1) is 12.0 Å². The second-order valence-corrected chi connectivity index (χ2v) is 5.69. The molecular weight excluding hydrogens is 272 g/mol. The molecule has 0 unspecified atom stereocenters. The highest BCUT2D eigenvalue weighted by Gasteiger charge is 2.23. The Morgan fingerprint density at radius 3 is 2.57 bits per heavy atom. The normalized spacial score (nSPS) is 12.9. The van der Waals surface area contributed by atoms with Crippen LogP contribution >= 0.6 is 0 Å². The molecule has 0 bridgehead atoms. The van der Waals surface area contributed by atoms with E-state index in [0.717, 1.165) is 5.52 Å². The molecule has 2 N–H and O–H groups in total. The van der Waals surface area contributed by atoms with E-state index in [0.29, 0.717) is 10.9 Å². The third-order valence-corrected chi connectivity index (χ3v) is 2.83. The first kappa shape index (κ1) is 14.9. The van der Waals surface area contributed by atoms with Gasteiger partial charge in [-0.05, 0) is 26.8 Å². The summed E-state index contributed by atoms with van der Waals surface area (Å²) >= 11 is 0. The van der Waals surface area contributed by atoms with Gasteiger partial charge in [0.15, 0.2) is 0 Å². The summed E-state index contributed by atoms with van der Waals surface area (Å²) < 4.78 is 5.08. The molecule has 0 spiro atoms.